The fourth-order valence-electron chi connectivity index (χ4n) is 2.30. The van der Waals surface area contributed by atoms with Crippen LogP contribution < -0.4 is 4.74 Å². The van der Waals surface area contributed by atoms with Gasteiger partial charge in [0.1, 0.15) is 6.61 Å². The van der Waals surface area contributed by atoms with Crippen LogP contribution in [0.4, 0.5) is 13.2 Å². The van der Waals surface area contributed by atoms with Gasteiger partial charge in [0.05, 0.1) is 17.2 Å². The maximum atomic E-state index is 13.0. The summed E-state index contributed by atoms with van der Waals surface area (Å²) in [6.07, 6.45) is -3.20. The fourth-order valence-corrected chi connectivity index (χ4v) is 2.30. The number of hydrogen-bond acceptors (Lipinski definition) is 6. The smallest absolute Gasteiger partial charge is 0.451 e. The van der Waals surface area contributed by atoms with Gasteiger partial charge in [-0.05, 0) is 24.3 Å². The maximum absolute atomic E-state index is 13.0. The van der Waals surface area contributed by atoms with E-state index in [1.807, 2.05) is 0 Å². The highest BCUT2D eigenvalue weighted by atomic mass is 19.4. The average Bonchev–Trinajstić information content (AvgIpc) is 3.30. The van der Waals surface area contributed by atoms with Crippen molar-refractivity contribution in [3.63, 3.8) is 0 Å². The SMILES string of the molecule is FC(F)(F)c1nc(OCc2nc(-c3ccco3)n[nH]2)c2ccccc2n1. The van der Waals surface area contributed by atoms with Crippen LogP contribution >= 0.6 is 0 Å². The minimum atomic E-state index is -4.68. The minimum Gasteiger partial charge on any atom is -0.469 e. The number of ether oxygens (including phenoxy) is 1. The Morgan fingerprint density at radius 2 is 1.88 bits per heavy atom. The Labute approximate surface area is 143 Å². The number of para-hydroxylation sites is 1. The lowest BCUT2D eigenvalue weighted by Gasteiger charge is -2.10. The van der Waals surface area contributed by atoms with Crippen LogP contribution in [0.3, 0.4) is 0 Å². The number of H-pyrrole nitrogens is 1. The predicted molar refractivity (Wildman–Crippen MR) is 83.0 cm³/mol. The molecule has 0 aliphatic heterocycles. The highest BCUT2D eigenvalue weighted by Gasteiger charge is 2.35. The predicted octanol–water partition coefficient (Wildman–Crippen LogP) is 3.61. The van der Waals surface area contributed by atoms with Crippen molar-refractivity contribution in [3.8, 4) is 17.5 Å². The number of benzene rings is 1. The molecular weight excluding hydrogens is 351 g/mol. The van der Waals surface area contributed by atoms with E-state index in [2.05, 4.69) is 25.1 Å². The highest BCUT2D eigenvalue weighted by molar-refractivity contribution is 5.83. The number of alkyl halides is 3. The van der Waals surface area contributed by atoms with E-state index in [0.717, 1.165) is 0 Å². The number of furan rings is 1. The molecule has 0 atom stereocenters. The number of aromatic amines is 1. The molecule has 0 radical (unpaired) electrons. The van der Waals surface area contributed by atoms with E-state index in [1.54, 1.807) is 30.3 Å². The molecule has 0 saturated heterocycles. The van der Waals surface area contributed by atoms with Gasteiger partial charge in [-0.1, -0.05) is 12.1 Å². The Hall–Kier alpha value is -3.43. The van der Waals surface area contributed by atoms with Gasteiger partial charge in [0.15, 0.2) is 11.6 Å². The van der Waals surface area contributed by atoms with Gasteiger partial charge >= 0.3 is 6.18 Å². The second-order valence-electron chi connectivity index (χ2n) is 5.24. The first kappa shape index (κ1) is 16.1. The third-order valence-electron chi connectivity index (χ3n) is 3.44. The Balaban J connectivity index is 1.62. The summed E-state index contributed by atoms with van der Waals surface area (Å²) < 4.78 is 49.6. The van der Waals surface area contributed by atoms with Gasteiger partial charge in [-0.25, -0.2) is 9.97 Å². The van der Waals surface area contributed by atoms with Crippen LogP contribution in [0.5, 0.6) is 5.88 Å². The van der Waals surface area contributed by atoms with Crippen molar-refractivity contribution in [1.29, 1.82) is 0 Å². The average molecular weight is 361 g/mol. The Bertz CT molecular complexity index is 1040. The molecule has 1 N–H and O–H groups in total. The van der Waals surface area contributed by atoms with Gasteiger partial charge in [-0.15, -0.1) is 5.10 Å². The molecule has 0 spiro atoms. The summed E-state index contributed by atoms with van der Waals surface area (Å²) in [6.45, 7) is -0.147. The lowest BCUT2D eigenvalue weighted by atomic mass is 10.2. The monoisotopic (exact) mass is 361 g/mol. The van der Waals surface area contributed by atoms with Crippen LogP contribution in [-0.4, -0.2) is 25.1 Å². The van der Waals surface area contributed by atoms with E-state index < -0.39 is 12.0 Å². The van der Waals surface area contributed by atoms with Gasteiger partial charge in [-0.3, -0.25) is 5.10 Å². The molecule has 4 aromatic rings. The van der Waals surface area contributed by atoms with E-state index in [4.69, 9.17) is 9.15 Å². The normalized spacial score (nSPS) is 11.8. The molecule has 0 saturated carbocycles. The number of hydrogen-bond donors (Lipinski definition) is 1. The molecule has 7 nitrogen and oxygen atoms in total. The van der Waals surface area contributed by atoms with E-state index in [0.29, 0.717) is 22.8 Å². The number of halogens is 3. The number of nitrogens with one attached hydrogen (secondary N) is 1. The van der Waals surface area contributed by atoms with Crippen molar-refractivity contribution in [2.45, 2.75) is 12.8 Å². The van der Waals surface area contributed by atoms with E-state index in [9.17, 15) is 13.2 Å². The van der Waals surface area contributed by atoms with E-state index in [-0.39, 0.29) is 18.0 Å². The Kier molecular flexibility index (Phi) is 3.79. The summed E-state index contributed by atoms with van der Waals surface area (Å²) in [5.41, 5.74) is 0.138. The van der Waals surface area contributed by atoms with Crippen LogP contribution in [0.25, 0.3) is 22.5 Å². The van der Waals surface area contributed by atoms with Gasteiger partial charge in [-0.2, -0.15) is 18.2 Å². The van der Waals surface area contributed by atoms with Crippen molar-refractivity contribution in [2.75, 3.05) is 0 Å². The van der Waals surface area contributed by atoms with Gasteiger partial charge < -0.3 is 9.15 Å². The summed E-state index contributed by atoms with van der Waals surface area (Å²) >= 11 is 0. The van der Waals surface area contributed by atoms with Crippen molar-refractivity contribution in [1.82, 2.24) is 25.1 Å². The van der Waals surface area contributed by atoms with Crippen LogP contribution in [0.2, 0.25) is 0 Å². The molecule has 4 rings (SSSR count). The van der Waals surface area contributed by atoms with Crippen LogP contribution in [0.15, 0.2) is 47.1 Å². The Morgan fingerprint density at radius 1 is 1.04 bits per heavy atom. The molecule has 3 heterocycles. The zero-order chi connectivity index (χ0) is 18.1. The van der Waals surface area contributed by atoms with Crippen molar-refractivity contribution >= 4 is 10.9 Å². The second kappa shape index (κ2) is 6.14. The van der Waals surface area contributed by atoms with Crippen LogP contribution in [0, 0.1) is 0 Å². The third-order valence-corrected chi connectivity index (χ3v) is 3.44. The first-order chi connectivity index (χ1) is 12.5. The molecule has 26 heavy (non-hydrogen) atoms. The quantitative estimate of drug-likeness (QED) is 0.597. The zero-order valence-electron chi connectivity index (χ0n) is 13.0. The van der Waals surface area contributed by atoms with Gasteiger partial charge in [0.2, 0.25) is 17.5 Å². The van der Waals surface area contributed by atoms with Crippen molar-refractivity contribution in [2.24, 2.45) is 0 Å². The van der Waals surface area contributed by atoms with Crippen molar-refractivity contribution < 1.29 is 22.3 Å². The molecule has 0 bridgehead atoms. The maximum Gasteiger partial charge on any atom is 0.451 e. The van der Waals surface area contributed by atoms with Gasteiger partial charge in [0, 0.05) is 0 Å². The molecular formula is C16H10F3N5O2. The number of rotatable bonds is 4. The molecule has 0 unspecified atom stereocenters. The highest BCUT2D eigenvalue weighted by Crippen LogP contribution is 2.31. The minimum absolute atomic E-state index is 0.138. The fraction of sp³-hybridized carbons (Fsp3) is 0.125. The Morgan fingerprint density at radius 3 is 2.65 bits per heavy atom. The summed E-state index contributed by atoms with van der Waals surface area (Å²) in [7, 11) is 0. The van der Waals surface area contributed by atoms with Crippen molar-refractivity contribution in [3.05, 3.63) is 54.3 Å². The molecule has 0 fully saturated rings. The zero-order valence-corrected chi connectivity index (χ0v) is 13.0. The molecule has 132 valence electrons. The first-order valence-electron chi connectivity index (χ1n) is 7.42. The van der Waals surface area contributed by atoms with Gasteiger partial charge in [0.25, 0.3) is 0 Å². The molecule has 0 aliphatic carbocycles. The van der Waals surface area contributed by atoms with E-state index in [1.165, 1.54) is 12.3 Å². The molecule has 10 heteroatoms. The molecule has 3 aromatic heterocycles. The van der Waals surface area contributed by atoms with Crippen LogP contribution in [0.1, 0.15) is 11.6 Å². The first-order valence-corrected chi connectivity index (χ1v) is 7.42. The standard InChI is InChI=1S/C16H10F3N5O2/c17-16(18,19)15-20-10-5-2-1-4-9(10)14(22-15)26-8-12-21-13(24-23-12)11-6-3-7-25-11/h1-7H,8H2,(H,21,23,24). The third kappa shape index (κ3) is 3.08. The number of aromatic nitrogens is 5. The number of fused-ring (bicyclic) bond motifs is 1. The summed E-state index contributed by atoms with van der Waals surface area (Å²) in [5.74, 6) is -0.358. The lowest BCUT2D eigenvalue weighted by Crippen LogP contribution is -2.12. The summed E-state index contributed by atoms with van der Waals surface area (Å²) in [5, 5.41) is 6.98. The molecule has 0 amide bonds. The van der Waals surface area contributed by atoms with E-state index >= 15 is 0 Å². The topological polar surface area (TPSA) is 89.7 Å². The summed E-state index contributed by atoms with van der Waals surface area (Å²) in [4.78, 5) is 11.2. The molecule has 0 aliphatic rings. The van der Waals surface area contributed by atoms with Crippen LogP contribution in [-0.2, 0) is 12.8 Å². The molecule has 1 aromatic carbocycles. The summed E-state index contributed by atoms with van der Waals surface area (Å²) in [6, 6.07) is 9.66. The second-order valence-corrected chi connectivity index (χ2v) is 5.24. The number of nitrogens with zero attached hydrogens (tertiary/aromatic N) is 4. The largest absolute Gasteiger partial charge is 0.469 e. The lowest BCUT2D eigenvalue weighted by molar-refractivity contribution is -0.145.